The molecule has 1 saturated heterocycles. The van der Waals surface area contributed by atoms with Crippen LogP contribution >= 0.6 is 0 Å². The second-order valence-electron chi connectivity index (χ2n) is 4.26. The molecule has 1 aliphatic rings. The Bertz CT molecular complexity index is 381. The van der Waals surface area contributed by atoms with E-state index in [1.807, 2.05) is 0 Å². The van der Waals surface area contributed by atoms with Gasteiger partial charge >= 0.3 is 0 Å². The number of hydrogen-bond acceptors (Lipinski definition) is 5. The van der Waals surface area contributed by atoms with Gasteiger partial charge in [-0.3, -0.25) is 4.79 Å². The molecule has 9 heteroatoms. The number of piperazine rings is 1. The molecule has 0 atom stereocenters. The number of rotatable bonds is 7. The van der Waals surface area contributed by atoms with Crippen molar-refractivity contribution < 1.29 is 17.9 Å². The first-order chi connectivity index (χ1) is 8.98. The van der Waals surface area contributed by atoms with E-state index in [2.05, 4.69) is 10.6 Å². The fourth-order valence-corrected chi connectivity index (χ4v) is 3.02. The van der Waals surface area contributed by atoms with Gasteiger partial charge in [-0.25, -0.2) is 0 Å². The zero-order chi connectivity index (χ0) is 14.3. The smallest absolute Gasteiger partial charge is 0.282 e. The lowest BCUT2D eigenvalue weighted by molar-refractivity contribution is -0.121. The van der Waals surface area contributed by atoms with Gasteiger partial charge in [0.2, 0.25) is 5.91 Å². The SMILES string of the molecule is COCCNC(=O)CN(C)S(=O)(=O)N1CCNCC1. The summed E-state index contributed by atoms with van der Waals surface area (Å²) in [6, 6.07) is 0. The molecule has 1 fully saturated rings. The summed E-state index contributed by atoms with van der Waals surface area (Å²) in [6.07, 6.45) is 0. The van der Waals surface area contributed by atoms with Crippen LogP contribution in [0.3, 0.4) is 0 Å². The molecule has 1 aliphatic heterocycles. The molecule has 0 aromatic heterocycles. The van der Waals surface area contributed by atoms with Crippen molar-refractivity contribution in [2.24, 2.45) is 0 Å². The quantitative estimate of drug-likeness (QED) is 0.522. The largest absolute Gasteiger partial charge is 0.383 e. The number of ether oxygens (including phenoxy) is 1. The molecule has 1 rings (SSSR count). The molecule has 0 aromatic carbocycles. The minimum atomic E-state index is -3.55. The van der Waals surface area contributed by atoms with Crippen LogP contribution < -0.4 is 10.6 Å². The monoisotopic (exact) mass is 294 g/mol. The van der Waals surface area contributed by atoms with Crippen LogP contribution in [0.25, 0.3) is 0 Å². The van der Waals surface area contributed by atoms with Crippen molar-refractivity contribution in [3.8, 4) is 0 Å². The average molecular weight is 294 g/mol. The molecule has 0 aliphatic carbocycles. The Labute approximate surface area is 114 Å². The van der Waals surface area contributed by atoms with Gasteiger partial charge in [-0.1, -0.05) is 0 Å². The van der Waals surface area contributed by atoms with Gasteiger partial charge in [-0.2, -0.15) is 17.0 Å². The molecule has 112 valence electrons. The Morgan fingerprint density at radius 1 is 1.42 bits per heavy atom. The second-order valence-corrected chi connectivity index (χ2v) is 6.29. The van der Waals surface area contributed by atoms with Crippen molar-refractivity contribution in [3.05, 3.63) is 0 Å². The molecule has 0 spiro atoms. The minimum Gasteiger partial charge on any atom is -0.383 e. The van der Waals surface area contributed by atoms with Crippen molar-refractivity contribution in [2.45, 2.75) is 0 Å². The Kier molecular flexibility index (Phi) is 6.66. The highest BCUT2D eigenvalue weighted by molar-refractivity contribution is 7.86. The van der Waals surface area contributed by atoms with Crippen LogP contribution in [0.2, 0.25) is 0 Å². The molecule has 19 heavy (non-hydrogen) atoms. The van der Waals surface area contributed by atoms with Gasteiger partial charge in [0.05, 0.1) is 13.2 Å². The highest BCUT2D eigenvalue weighted by Gasteiger charge is 2.29. The summed E-state index contributed by atoms with van der Waals surface area (Å²) in [6.45, 7) is 2.71. The minimum absolute atomic E-state index is 0.185. The van der Waals surface area contributed by atoms with Crippen LogP contribution in [0.4, 0.5) is 0 Å². The number of amides is 1. The molecule has 2 N–H and O–H groups in total. The molecular weight excluding hydrogens is 272 g/mol. The summed E-state index contributed by atoms with van der Waals surface area (Å²) in [4.78, 5) is 11.6. The number of likely N-dealkylation sites (N-methyl/N-ethyl adjacent to an activating group) is 1. The predicted octanol–water partition coefficient (Wildman–Crippen LogP) is -2.17. The van der Waals surface area contributed by atoms with Crippen molar-refractivity contribution in [1.82, 2.24) is 19.2 Å². The zero-order valence-corrected chi connectivity index (χ0v) is 12.2. The Balaban J connectivity index is 2.46. The normalized spacial score (nSPS) is 17.6. The van der Waals surface area contributed by atoms with Crippen LogP contribution in [0.1, 0.15) is 0 Å². The van der Waals surface area contributed by atoms with Gasteiger partial charge < -0.3 is 15.4 Å². The first-order valence-electron chi connectivity index (χ1n) is 6.16. The summed E-state index contributed by atoms with van der Waals surface area (Å²) >= 11 is 0. The molecule has 0 bridgehead atoms. The number of hydrogen-bond donors (Lipinski definition) is 2. The van der Waals surface area contributed by atoms with Crippen LogP contribution in [0.5, 0.6) is 0 Å². The lowest BCUT2D eigenvalue weighted by Gasteiger charge is -2.30. The third-order valence-corrected chi connectivity index (χ3v) is 4.73. The maximum atomic E-state index is 12.2. The standard InChI is InChI=1S/C10H22N4O4S/c1-13(9-10(15)12-5-8-18-2)19(16,17)14-6-3-11-4-7-14/h11H,3-9H2,1-2H3,(H,12,15). The Hall–Kier alpha value is -0.740. The lowest BCUT2D eigenvalue weighted by Crippen LogP contribution is -2.52. The van der Waals surface area contributed by atoms with E-state index < -0.39 is 10.2 Å². The van der Waals surface area contributed by atoms with Crippen LogP contribution in [0.15, 0.2) is 0 Å². The summed E-state index contributed by atoms with van der Waals surface area (Å²) < 4.78 is 31.6. The molecule has 8 nitrogen and oxygen atoms in total. The van der Waals surface area contributed by atoms with Gasteiger partial charge in [0.25, 0.3) is 10.2 Å². The summed E-state index contributed by atoms with van der Waals surface area (Å²) in [5, 5.41) is 5.67. The molecule has 1 heterocycles. The van der Waals surface area contributed by atoms with Crippen LogP contribution in [-0.2, 0) is 19.7 Å². The number of nitrogens with one attached hydrogen (secondary N) is 2. The van der Waals surface area contributed by atoms with Crippen molar-refractivity contribution in [3.63, 3.8) is 0 Å². The van der Waals surface area contributed by atoms with E-state index >= 15 is 0 Å². The number of methoxy groups -OCH3 is 1. The van der Waals surface area contributed by atoms with E-state index in [0.717, 1.165) is 4.31 Å². The van der Waals surface area contributed by atoms with Crippen molar-refractivity contribution in [1.29, 1.82) is 0 Å². The van der Waals surface area contributed by atoms with Gasteiger partial charge in [0.15, 0.2) is 0 Å². The molecule has 0 saturated carbocycles. The maximum absolute atomic E-state index is 12.2. The van der Waals surface area contributed by atoms with Crippen LogP contribution in [-0.4, -0.2) is 83.0 Å². The lowest BCUT2D eigenvalue weighted by atomic mass is 10.4. The highest BCUT2D eigenvalue weighted by atomic mass is 32.2. The second kappa shape index (κ2) is 7.75. The van der Waals surface area contributed by atoms with Crippen molar-refractivity contribution >= 4 is 16.1 Å². The molecule has 0 unspecified atom stereocenters. The first-order valence-corrected chi connectivity index (χ1v) is 7.56. The Morgan fingerprint density at radius 2 is 2.05 bits per heavy atom. The molecule has 0 radical (unpaired) electrons. The van der Waals surface area contributed by atoms with Gasteiger partial charge in [-0.05, 0) is 0 Å². The van der Waals surface area contributed by atoms with E-state index in [9.17, 15) is 13.2 Å². The average Bonchev–Trinajstić information content (AvgIpc) is 2.40. The fourth-order valence-electron chi connectivity index (χ4n) is 1.70. The molecular formula is C10H22N4O4S. The van der Waals surface area contributed by atoms with E-state index in [4.69, 9.17) is 4.74 Å². The number of nitrogens with zero attached hydrogens (tertiary/aromatic N) is 2. The summed E-state index contributed by atoms with van der Waals surface area (Å²) in [5.74, 6) is -0.335. The molecule has 1 amide bonds. The highest BCUT2D eigenvalue weighted by Crippen LogP contribution is 2.06. The predicted molar refractivity (Wildman–Crippen MR) is 70.9 cm³/mol. The zero-order valence-electron chi connectivity index (χ0n) is 11.4. The number of carbonyl (C=O) groups is 1. The topological polar surface area (TPSA) is 91.0 Å². The van der Waals surface area contributed by atoms with E-state index in [0.29, 0.717) is 39.3 Å². The van der Waals surface area contributed by atoms with E-state index in [1.165, 1.54) is 18.5 Å². The summed E-state index contributed by atoms with van der Waals surface area (Å²) in [7, 11) is -0.608. The number of carbonyl (C=O) groups excluding carboxylic acids is 1. The van der Waals surface area contributed by atoms with Gasteiger partial charge in [0.1, 0.15) is 0 Å². The first kappa shape index (κ1) is 16.3. The fraction of sp³-hybridized carbons (Fsp3) is 0.900. The Morgan fingerprint density at radius 3 is 2.63 bits per heavy atom. The molecule has 0 aromatic rings. The summed E-state index contributed by atoms with van der Waals surface area (Å²) in [5.41, 5.74) is 0. The third-order valence-electron chi connectivity index (χ3n) is 2.79. The van der Waals surface area contributed by atoms with Crippen LogP contribution in [0, 0.1) is 0 Å². The maximum Gasteiger partial charge on any atom is 0.282 e. The van der Waals surface area contributed by atoms with E-state index in [-0.39, 0.29) is 12.5 Å². The third kappa shape index (κ3) is 5.03. The van der Waals surface area contributed by atoms with Gasteiger partial charge in [0, 0.05) is 46.9 Å². The van der Waals surface area contributed by atoms with Crippen molar-refractivity contribution in [2.75, 3.05) is 60.0 Å². The van der Waals surface area contributed by atoms with Gasteiger partial charge in [-0.15, -0.1) is 0 Å². The van der Waals surface area contributed by atoms with E-state index in [1.54, 1.807) is 0 Å².